The number of carbonyl (C=O) groups excluding carboxylic acids is 2. The Labute approximate surface area is 122 Å². The number of aromatic nitrogens is 1. The zero-order chi connectivity index (χ0) is 15.4. The molecule has 0 spiro atoms. The Kier molecular flexibility index (Phi) is 4.57. The molecule has 21 heavy (non-hydrogen) atoms. The summed E-state index contributed by atoms with van der Waals surface area (Å²) in [5.41, 5.74) is 1.97. The van der Waals surface area contributed by atoms with Crippen LogP contribution in [0.25, 0.3) is 0 Å². The van der Waals surface area contributed by atoms with Crippen molar-refractivity contribution < 1.29 is 9.59 Å². The summed E-state index contributed by atoms with van der Waals surface area (Å²) >= 11 is 0. The first-order valence-electron chi connectivity index (χ1n) is 6.93. The number of nitrogens with one attached hydrogen (secondary N) is 2. The van der Waals surface area contributed by atoms with Crippen LogP contribution in [0.15, 0.2) is 23.5 Å². The minimum atomic E-state index is -0.408. The SMILES string of the molecule is C=CC(=O)N(C)CC(=O)Nc1cc2c([nH]c1=O)CCCC2. The molecule has 0 fully saturated rings. The van der Waals surface area contributed by atoms with Gasteiger partial charge >= 0.3 is 0 Å². The summed E-state index contributed by atoms with van der Waals surface area (Å²) in [6.45, 7) is 3.23. The molecule has 1 aliphatic carbocycles. The van der Waals surface area contributed by atoms with Crippen LogP contribution in [0, 0.1) is 0 Å². The number of anilines is 1. The number of pyridine rings is 1. The molecular formula is C15H19N3O3. The van der Waals surface area contributed by atoms with Crippen LogP contribution in [0.4, 0.5) is 5.69 Å². The largest absolute Gasteiger partial charge is 0.333 e. The maximum atomic E-state index is 11.9. The molecule has 0 atom stereocenters. The maximum absolute atomic E-state index is 11.9. The lowest BCUT2D eigenvalue weighted by molar-refractivity contribution is -0.129. The van der Waals surface area contributed by atoms with Crippen LogP contribution >= 0.6 is 0 Å². The van der Waals surface area contributed by atoms with Crippen LogP contribution in [-0.4, -0.2) is 35.3 Å². The van der Waals surface area contributed by atoms with Gasteiger partial charge in [0.15, 0.2) is 0 Å². The van der Waals surface area contributed by atoms with Crippen molar-refractivity contribution in [3.05, 3.63) is 40.3 Å². The Morgan fingerprint density at radius 3 is 2.86 bits per heavy atom. The van der Waals surface area contributed by atoms with Crippen molar-refractivity contribution in [1.29, 1.82) is 0 Å². The first kappa shape index (κ1) is 15.0. The predicted molar refractivity (Wildman–Crippen MR) is 80.2 cm³/mol. The molecule has 2 N–H and O–H groups in total. The maximum Gasteiger partial charge on any atom is 0.271 e. The fourth-order valence-corrected chi connectivity index (χ4v) is 2.41. The molecule has 0 saturated heterocycles. The lowest BCUT2D eigenvalue weighted by Gasteiger charge is -2.17. The molecule has 1 heterocycles. The third kappa shape index (κ3) is 3.59. The van der Waals surface area contributed by atoms with E-state index in [4.69, 9.17) is 0 Å². The molecule has 0 unspecified atom stereocenters. The summed E-state index contributed by atoms with van der Waals surface area (Å²) in [5.74, 6) is -0.751. The lowest BCUT2D eigenvalue weighted by Crippen LogP contribution is -2.35. The fourth-order valence-electron chi connectivity index (χ4n) is 2.41. The van der Waals surface area contributed by atoms with Crippen LogP contribution in [0.1, 0.15) is 24.1 Å². The van der Waals surface area contributed by atoms with Gasteiger partial charge in [0.1, 0.15) is 5.69 Å². The van der Waals surface area contributed by atoms with Crippen LogP contribution in [-0.2, 0) is 22.4 Å². The number of likely N-dealkylation sites (N-methyl/N-ethyl adjacent to an activating group) is 1. The summed E-state index contributed by atoms with van der Waals surface area (Å²) < 4.78 is 0. The second-order valence-electron chi connectivity index (χ2n) is 5.17. The van der Waals surface area contributed by atoms with Crippen molar-refractivity contribution in [2.75, 3.05) is 18.9 Å². The van der Waals surface area contributed by atoms with E-state index < -0.39 is 5.91 Å². The zero-order valence-corrected chi connectivity index (χ0v) is 12.1. The van der Waals surface area contributed by atoms with E-state index in [1.807, 2.05) is 0 Å². The Bertz CT molecular complexity index is 634. The van der Waals surface area contributed by atoms with Crippen LogP contribution in [0.5, 0.6) is 0 Å². The molecule has 6 heteroatoms. The Balaban J connectivity index is 2.09. The summed E-state index contributed by atoms with van der Waals surface area (Å²) in [5, 5.41) is 2.56. The molecule has 0 aromatic carbocycles. The van der Waals surface area contributed by atoms with Gasteiger partial charge in [0.25, 0.3) is 5.56 Å². The van der Waals surface area contributed by atoms with E-state index in [0.29, 0.717) is 0 Å². The first-order chi connectivity index (χ1) is 10.0. The number of fused-ring (bicyclic) bond motifs is 1. The number of carbonyl (C=O) groups is 2. The number of amides is 2. The second kappa shape index (κ2) is 6.39. The van der Waals surface area contributed by atoms with Gasteiger partial charge < -0.3 is 15.2 Å². The van der Waals surface area contributed by atoms with Gasteiger partial charge in [0, 0.05) is 12.7 Å². The normalized spacial score (nSPS) is 13.2. The van der Waals surface area contributed by atoms with Crippen LogP contribution < -0.4 is 10.9 Å². The van der Waals surface area contributed by atoms with Crippen LogP contribution in [0.3, 0.4) is 0 Å². The zero-order valence-electron chi connectivity index (χ0n) is 12.1. The summed E-state index contributed by atoms with van der Waals surface area (Å²) in [6, 6.07) is 1.74. The standard InChI is InChI=1S/C15H19N3O3/c1-3-14(20)18(2)9-13(19)16-12-8-10-6-4-5-7-11(10)17-15(12)21/h3,8H,1,4-7,9H2,2H3,(H,16,19)(H,17,21). The van der Waals surface area contributed by atoms with Gasteiger partial charge in [-0.3, -0.25) is 14.4 Å². The van der Waals surface area contributed by atoms with E-state index in [-0.39, 0.29) is 23.7 Å². The minimum Gasteiger partial charge on any atom is -0.333 e. The highest BCUT2D eigenvalue weighted by molar-refractivity contribution is 5.96. The monoisotopic (exact) mass is 289 g/mol. The number of hydrogen-bond acceptors (Lipinski definition) is 3. The number of hydrogen-bond donors (Lipinski definition) is 2. The highest BCUT2D eigenvalue weighted by Crippen LogP contribution is 2.19. The van der Waals surface area contributed by atoms with Crippen molar-refractivity contribution in [3.63, 3.8) is 0 Å². The van der Waals surface area contributed by atoms with Gasteiger partial charge in [-0.15, -0.1) is 0 Å². The number of aromatic amines is 1. The predicted octanol–water partition coefficient (Wildman–Crippen LogP) is 0.837. The molecular weight excluding hydrogens is 270 g/mol. The highest BCUT2D eigenvalue weighted by Gasteiger charge is 2.15. The average Bonchev–Trinajstić information content (AvgIpc) is 2.47. The third-order valence-corrected chi connectivity index (χ3v) is 3.54. The Morgan fingerprint density at radius 1 is 1.43 bits per heavy atom. The van der Waals surface area contributed by atoms with E-state index in [2.05, 4.69) is 16.9 Å². The average molecular weight is 289 g/mol. The molecule has 1 aromatic rings. The van der Waals surface area contributed by atoms with E-state index in [9.17, 15) is 14.4 Å². The van der Waals surface area contributed by atoms with E-state index >= 15 is 0 Å². The van der Waals surface area contributed by atoms with Crippen molar-refractivity contribution >= 4 is 17.5 Å². The first-order valence-corrected chi connectivity index (χ1v) is 6.93. The Hall–Kier alpha value is -2.37. The van der Waals surface area contributed by atoms with Gasteiger partial charge in [0.05, 0.1) is 6.54 Å². The topological polar surface area (TPSA) is 82.3 Å². The van der Waals surface area contributed by atoms with Gasteiger partial charge in [-0.25, -0.2) is 0 Å². The van der Waals surface area contributed by atoms with Gasteiger partial charge in [-0.2, -0.15) is 0 Å². The second-order valence-corrected chi connectivity index (χ2v) is 5.17. The lowest BCUT2D eigenvalue weighted by atomic mass is 9.96. The summed E-state index contributed by atoms with van der Waals surface area (Å²) in [6.07, 6.45) is 5.07. The van der Waals surface area contributed by atoms with E-state index in [1.165, 1.54) is 11.9 Å². The molecule has 2 amide bonds. The van der Waals surface area contributed by atoms with Crippen molar-refractivity contribution in [1.82, 2.24) is 9.88 Å². The van der Waals surface area contributed by atoms with Gasteiger partial charge in [-0.05, 0) is 43.4 Å². The molecule has 1 aromatic heterocycles. The minimum absolute atomic E-state index is 0.124. The molecule has 0 bridgehead atoms. The molecule has 112 valence electrons. The quantitative estimate of drug-likeness (QED) is 0.806. The molecule has 2 rings (SSSR count). The smallest absolute Gasteiger partial charge is 0.271 e. The van der Waals surface area contributed by atoms with Crippen molar-refractivity contribution in [3.8, 4) is 0 Å². The van der Waals surface area contributed by atoms with E-state index in [0.717, 1.165) is 43.0 Å². The van der Waals surface area contributed by atoms with Crippen molar-refractivity contribution in [2.24, 2.45) is 0 Å². The number of H-pyrrole nitrogens is 1. The Morgan fingerprint density at radius 2 is 2.14 bits per heavy atom. The number of rotatable bonds is 4. The summed E-state index contributed by atoms with van der Waals surface area (Å²) in [7, 11) is 1.50. The van der Waals surface area contributed by atoms with Crippen LogP contribution in [0.2, 0.25) is 0 Å². The molecule has 0 aliphatic heterocycles. The van der Waals surface area contributed by atoms with Gasteiger partial charge in [-0.1, -0.05) is 6.58 Å². The molecule has 0 radical (unpaired) electrons. The summed E-state index contributed by atoms with van der Waals surface area (Å²) in [4.78, 5) is 39.2. The molecule has 6 nitrogen and oxygen atoms in total. The highest BCUT2D eigenvalue weighted by atomic mass is 16.2. The fraction of sp³-hybridized carbons (Fsp3) is 0.400. The van der Waals surface area contributed by atoms with Gasteiger partial charge in [0.2, 0.25) is 11.8 Å². The molecule has 0 saturated carbocycles. The number of aryl methyl sites for hydroxylation is 2. The number of nitrogens with zero attached hydrogens (tertiary/aromatic N) is 1. The van der Waals surface area contributed by atoms with Crippen molar-refractivity contribution in [2.45, 2.75) is 25.7 Å². The molecule has 1 aliphatic rings. The third-order valence-electron chi connectivity index (χ3n) is 3.54. The van der Waals surface area contributed by atoms with E-state index in [1.54, 1.807) is 6.07 Å².